The number of thiophene rings is 1. The molecule has 158 valence electrons. The fourth-order valence-electron chi connectivity index (χ4n) is 2.65. The van der Waals surface area contributed by atoms with Crippen LogP contribution < -0.4 is 14.8 Å². The van der Waals surface area contributed by atoms with Gasteiger partial charge in [0.05, 0.1) is 7.11 Å². The van der Waals surface area contributed by atoms with Crippen LogP contribution in [0.25, 0.3) is 12.2 Å². The van der Waals surface area contributed by atoms with Gasteiger partial charge in [0.15, 0.2) is 5.76 Å². The number of carbonyl (C=O) groups excluding carboxylic acids is 1. The number of benzene rings is 1. The first kappa shape index (κ1) is 21.8. The number of nitrogens with zero attached hydrogens (tertiary/aromatic N) is 1. The summed E-state index contributed by atoms with van der Waals surface area (Å²) in [7, 11) is -2.14. The summed E-state index contributed by atoms with van der Waals surface area (Å²) in [5.41, 5.74) is 1.79. The molecule has 0 saturated carbocycles. The number of ether oxygens (including phenoxy) is 1. The Morgan fingerprint density at radius 1 is 1.23 bits per heavy atom. The van der Waals surface area contributed by atoms with Crippen molar-refractivity contribution < 1.29 is 22.5 Å². The summed E-state index contributed by atoms with van der Waals surface area (Å²) >= 11 is 1.11. The van der Waals surface area contributed by atoms with Crippen molar-refractivity contribution in [3.8, 4) is 5.75 Å². The number of aromatic nitrogens is 1. The zero-order valence-corrected chi connectivity index (χ0v) is 18.3. The molecule has 2 heterocycles. The van der Waals surface area contributed by atoms with Crippen LogP contribution in [0.3, 0.4) is 0 Å². The highest BCUT2D eigenvalue weighted by molar-refractivity contribution is 7.91. The number of rotatable bonds is 8. The molecule has 0 unspecified atom stereocenters. The van der Waals surface area contributed by atoms with Crippen LogP contribution in [0.15, 0.2) is 45.1 Å². The summed E-state index contributed by atoms with van der Waals surface area (Å²) in [5, 5.41) is 6.51. The van der Waals surface area contributed by atoms with E-state index in [1.807, 2.05) is 12.1 Å². The maximum atomic E-state index is 12.6. The smallest absolute Gasteiger partial charge is 0.250 e. The van der Waals surface area contributed by atoms with Gasteiger partial charge < -0.3 is 14.6 Å². The lowest BCUT2D eigenvalue weighted by Crippen LogP contribution is -2.22. The number of hydrogen-bond donors (Lipinski definition) is 2. The summed E-state index contributed by atoms with van der Waals surface area (Å²) in [4.78, 5) is 12.0. The van der Waals surface area contributed by atoms with Gasteiger partial charge in [-0.05, 0) is 37.3 Å². The molecule has 0 fully saturated rings. The molecule has 10 heteroatoms. The molecule has 0 aliphatic heterocycles. The fourth-order valence-corrected chi connectivity index (χ4v) is 4.93. The van der Waals surface area contributed by atoms with Gasteiger partial charge in [-0.25, -0.2) is 13.1 Å². The van der Waals surface area contributed by atoms with Crippen molar-refractivity contribution in [1.82, 2.24) is 9.88 Å². The van der Waals surface area contributed by atoms with E-state index < -0.39 is 10.0 Å². The molecule has 30 heavy (non-hydrogen) atoms. The molecule has 0 radical (unpaired) electrons. The molecule has 8 nitrogen and oxygen atoms in total. The Balaban J connectivity index is 1.72. The minimum absolute atomic E-state index is 0.118. The van der Waals surface area contributed by atoms with Crippen LogP contribution in [0.5, 0.6) is 5.75 Å². The second-order valence-electron chi connectivity index (χ2n) is 6.31. The van der Waals surface area contributed by atoms with Gasteiger partial charge in [-0.15, -0.1) is 11.3 Å². The SMILES string of the molecule is COc1ccccc1CNS(=O)(=O)c1ccc(C=Cc2onc(C)c2NC(C)=O)s1. The van der Waals surface area contributed by atoms with Gasteiger partial charge >= 0.3 is 0 Å². The van der Waals surface area contributed by atoms with Gasteiger partial charge in [-0.1, -0.05) is 23.4 Å². The van der Waals surface area contributed by atoms with Crippen LogP contribution in [0, 0.1) is 6.92 Å². The fraction of sp³-hybridized carbons (Fsp3) is 0.200. The first-order valence-corrected chi connectivity index (χ1v) is 11.2. The summed E-state index contributed by atoms with van der Waals surface area (Å²) in [6, 6.07) is 10.5. The number of carbonyl (C=O) groups is 1. The quantitative estimate of drug-likeness (QED) is 0.545. The number of para-hydroxylation sites is 1. The molecular weight excluding hydrogens is 426 g/mol. The van der Waals surface area contributed by atoms with Crippen molar-refractivity contribution in [3.63, 3.8) is 0 Å². The van der Waals surface area contributed by atoms with Crippen molar-refractivity contribution in [3.05, 3.63) is 58.3 Å². The van der Waals surface area contributed by atoms with Gasteiger partial charge in [0.2, 0.25) is 15.9 Å². The molecule has 1 amide bonds. The third-order valence-corrected chi connectivity index (χ3v) is 7.04. The summed E-state index contributed by atoms with van der Waals surface area (Å²) < 4.78 is 38.5. The molecule has 1 aromatic carbocycles. The van der Waals surface area contributed by atoms with Gasteiger partial charge in [0.1, 0.15) is 21.3 Å². The number of aryl methyl sites for hydroxylation is 1. The van der Waals surface area contributed by atoms with E-state index >= 15 is 0 Å². The molecular formula is C20H21N3O5S2. The van der Waals surface area contributed by atoms with E-state index in [1.54, 1.807) is 44.4 Å². The van der Waals surface area contributed by atoms with E-state index in [0.29, 0.717) is 27.8 Å². The number of hydrogen-bond acceptors (Lipinski definition) is 7. The predicted molar refractivity (Wildman–Crippen MR) is 116 cm³/mol. The lowest BCUT2D eigenvalue weighted by atomic mass is 10.2. The number of anilines is 1. The maximum Gasteiger partial charge on any atom is 0.250 e. The molecule has 0 saturated heterocycles. The molecule has 3 rings (SSSR count). The van der Waals surface area contributed by atoms with E-state index in [4.69, 9.17) is 9.26 Å². The minimum Gasteiger partial charge on any atom is -0.496 e. The molecule has 2 N–H and O–H groups in total. The highest BCUT2D eigenvalue weighted by Gasteiger charge is 2.17. The van der Waals surface area contributed by atoms with Crippen LogP contribution in [0.4, 0.5) is 5.69 Å². The zero-order chi connectivity index (χ0) is 21.7. The van der Waals surface area contributed by atoms with E-state index in [1.165, 1.54) is 13.0 Å². The number of methoxy groups -OCH3 is 1. The first-order chi connectivity index (χ1) is 14.3. The molecule has 0 atom stereocenters. The van der Waals surface area contributed by atoms with Crippen LogP contribution >= 0.6 is 11.3 Å². The topological polar surface area (TPSA) is 111 Å². The Kier molecular flexibility index (Phi) is 6.70. The lowest BCUT2D eigenvalue weighted by Gasteiger charge is -2.09. The van der Waals surface area contributed by atoms with E-state index in [9.17, 15) is 13.2 Å². The molecule has 0 spiro atoms. The van der Waals surface area contributed by atoms with E-state index in [0.717, 1.165) is 16.9 Å². The third-order valence-electron chi connectivity index (χ3n) is 4.10. The van der Waals surface area contributed by atoms with Crippen molar-refractivity contribution in [2.45, 2.75) is 24.6 Å². The standard InChI is InChI=1S/C20H21N3O5S2/c1-13-20(22-14(2)24)18(28-23-13)10-8-16-9-11-19(29-16)30(25,26)21-12-15-6-4-5-7-17(15)27-3/h4-11,21H,12H2,1-3H3,(H,22,24). The molecule has 3 aromatic rings. The summed E-state index contributed by atoms with van der Waals surface area (Å²) in [6.45, 7) is 3.23. The average molecular weight is 448 g/mol. The Morgan fingerprint density at radius 3 is 2.73 bits per heavy atom. The molecule has 2 aromatic heterocycles. The summed E-state index contributed by atoms with van der Waals surface area (Å²) in [6.07, 6.45) is 3.34. The minimum atomic E-state index is -3.68. The monoisotopic (exact) mass is 447 g/mol. The predicted octanol–water partition coefficient (Wildman–Crippen LogP) is 3.66. The molecule has 0 bridgehead atoms. The molecule has 0 aliphatic rings. The average Bonchev–Trinajstić information content (AvgIpc) is 3.33. The van der Waals surface area contributed by atoms with Crippen molar-refractivity contribution >= 4 is 45.1 Å². The zero-order valence-electron chi connectivity index (χ0n) is 16.6. The Bertz CT molecular complexity index is 1180. The summed E-state index contributed by atoms with van der Waals surface area (Å²) in [5.74, 6) is 0.767. The number of nitrogens with one attached hydrogen (secondary N) is 2. The third kappa shape index (κ3) is 5.15. The Hall–Kier alpha value is -2.95. The number of amides is 1. The second-order valence-corrected chi connectivity index (χ2v) is 9.42. The Labute approximate surface area is 178 Å². The van der Waals surface area contributed by atoms with Crippen LogP contribution in [0.1, 0.15) is 28.8 Å². The van der Waals surface area contributed by atoms with Gasteiger partial charge in [-0.3, -0.25) is 4.79 Å². The maximum absolute atomic E-state index is 12.6. The van der Waals surface area contributed by atoms with E-state index in [-0.39, 0.29) is 16.7 Å². The number of sulfonamides is 1. The Morgan fingerprint density at radius 2 is 2.00 bits per heavy atom. The normalized spacial score (nSPS) is 11.7. The van der Waals surface area contributed by atoms with Crippen molar-refractivity contribution in [1.29, 1.82) is 0 Å². The molecule has 0 aliphatic carbocycles. The first-order valence-electron chi connectivity index (χ1n) is 8.93. The van der Waals surface area contributed by atoms with Crippen molar-refractivity contribution in [2.75, 3.05) is 12.4 Å². The van der Waals surface area contributed by atoms with Crippen LogP contribution in [0.2, 0.25) is 0 Å². The van der Waals surface area contributed by atoms with Gasteiger partial charge in [0.25, 0.3) is 0 Å². The highest BCUT2D eigenvalue weighted by atomic mass is 32.2. The van der Waals surface area contributed by atoms with Crippen molar-refractivity contribution in [2.24, 2.45) is 0 Å². The largest absolute Gasteiger partial charge is 0.496 e. The van der Waals surface area contributed by atoms with E-state index in [2.05, 4.69) is 15.2 Å². The van der Waals surface area contributed by atoms with Crippen LogP contribution in [-0.2, 0) is 21.4 Å². The highest BCUT2D eigenvalue weighted by Crippen LogP contribution is 2.27. The van der Waals surface area contributed by atoms with Gasteiger partial charge in [0, 0.05) is 23.9 Å². The van der Waals surface area contributed by atoms with Gasteiger partial charge in [-0.2, -0.15) is 0 Å². The van der Waals surface area contributed by atoms with Crippen LogP contribution in [-0.4, -0.2) is 26.6 Å². The second kappa shape index (κ2) is 9.24. The lowest BCUT2D eigenvalue weighted by molar-refractivity contribution is -0.114.